The summed E-state index contributed by atoms with van der Waals surface area (Å²) in [6.07, 6.45) is 0. The maximum Gasteiger partial charge on any atom is 0.471 e. The third-order valence-corrected chi connectivity index (χ3v) is 8.55. The molecule has 100 valence electrons. The van der Waals surface area contributed by atoms with Crippen LogP contribution in [0.4, 0.5) is 0 Å². The van der Waals surface area contributed by atoms with Gasteiger partial charge in [0, 0.05) is 10.1 Å². The highest BCUT2D eigenvalue weighted by atomic mass is 28.4. The maximum absolute atomic E-state index is 6.42. The Morgan fingerprint density at radius 1 is 0.833 bits per heavy atom. The number of rotatable bonds is 0. The van der Waals surface area contributed by atoms with Gasteiger partial charge in [-0.3, -0.25) is 0 Å². The van der Waals surface area contributed by atoms with Crippen LogP contribution >= 0.6 is 0 Å². The van der Waals surface area contributed by atoms with Gasteiger partial charge < -0.3 is 8.85 Å². The van der Waals surface area contributed by atoms with E-state index in [1.54, 1.807) is 0 Å². The Bertz CT molecular complexity index is 452. The van der Waals surface area contributed by atoms with Crippen LogP contribution in [-0.4, -0.2) is 8.56 Å². The van der Waals surface area contributed by atoms with Crippen molar-refractivity contribution in [3.05, 3.63) is 23.8 Å². The van der Waals surface area contributed by atoms with Crippen LogP contribution in [0.25, 0.3) is 0 Å². The SMILES string of the molecule is Cc1ccc2c(c1)O[Si](C(C)(C)C)(C(C)(C)C)O2. The third-order valence-electron chi connectivity index (χ3n) is 3.58. The minimum Gasteiger partial charge on any atom is -0.508 e. The Kier molecular flexibility index (Phi) is 2.82. The van der Waals surface area contributed by atoms with E-state index in [0.717, 1.165) is 11.5 Å². The molecule has 1 aromatic carbocycles. The molecule has 0 aliphatic carbocycles. The molecule has 2 rings (SSSR count). The number of hydrogen-bond donors (Lipinski definition) is 0. The molecule has 0 amide bonds. The molecule has 0 saturated carbocycles. The number of benzene rings is 1. The van der Waals surface area contributed by atoms with E-state index < -0.39 is 8.56 Å². The molecule has 0 radical (unpaired) electrons. The van der Waals surface area contributed by atoms with Crippen LogP contribution in [0, 0.1) is 6.92 Å². The summed E-state index contributed by atoms with van der Waals surface area (Å²) in [4.78, 5) is 0. The fraction of sp³-hybridized carbons (Fsp3) is 0.600. The Hall–Kier alpha value is -0.963. The average Bonchev–Trinajstić information content (AvgIpc) is 2.55. The summed E-state index contributed by atoms with van der Waals surface area (Å²) in [5.74, 6) is 1.84. The van der Waals surface area contributed by atoms with Crippen molar-refractivity contribution in [1.82, 2.24) is 0 Å². The zero-order chi connectivity index (χ0) is 13.8. The molecule has 1 aliphatic heterocycles. The van der Waals surface area contributed by atoms with Gasteiger partial charge in [0.15, 0.2) is 0 Å². The Morgan fingerprint density at radius 2 is 1.33 bits per heavy atom. The second-order valence-electron chi connectivity index (χ2n) is 7.27. The highest BCUT2D eigenvalue weighted by Gasteiger charge is 2.64. The van der Waals surface area contributed by atoms with Crippen LogP contribution in [0.2, 0.25) is 10.1 Å². The molecule has 1 aliphatic rings. The standard InChI is InChI=1S/C15H24O2Si/c1-11-8-9-12-13(10-11)17-18(16-12,14(2,3)4)15(5,6)7/h8-10H,1-7H3. The molecule has 0 atom stereocenters. The van der Waals surface area contributed by atoms with E-state index in [0.29, 0.717) is 0 Å². The summed E-state index contributed by atoms with van der Waals surface area (Å²) in [5.41, 5.74) is 1.21. The minimum absolute atomic E-state index is 0.0260. The molecule has 18 heavy (non-hydrogen) atoms. The van der Waals surface area contributed by atoms with Gasteiger partial charge in [-0.1, -0.05) is 47.6 Å². The molecule has 0 N–H and O–H groups in total. The van der Waals surface area contributed by atoms with Crippen molar-refractivity contribution in [3.63, 3.8) is 0 Å². The van der Waals surface area contributed by atoms with E-state index in [1.165, 1.54) is 5.56 Å². The molecule has 0 fully saturated rings. The van der Waals surface area contributed by atoms with Gasteiger partial charge in [-0.05, 0) is 24.6 Å². The van der Waals surface area contributed by atoms with E-state index in [2.05, 4.69) is 60.6 Å². The van der Waals surface area contributed by atoms with Crippen LogP contribution < -0.4 is 8.85 Å². The van der Waals surface area contributed by atoms with Gasteiger partial charge in [-0.2, -0.15) is 0 Å². The molecule has 0 unspecified atom stereocenters. The predicted molar refractivity (Wildman–Crippen MR) is 77.6 cm³/mol. The molecule has 1 heterocycles. The van der Waals surface area contributed by atoms with Crippen LogP contribution in [-0.2, 0) is 0 Å². The summed E-state index contributed by atoms with van der Waals surface area (Å²) in [7, 11) is -2.36. The molecule has 3 heteroatoms. The molecule has 0 aromatic heterocycles. The van der Waals surface area contributed by atoms with Crippen molar-refractivity contribution < 1.29 is 8.85 Å². The smallest absolute Gasteiger partial charge is 0.471 e. The van der Waals surface area contributed by atoms with Crippen molar-refractivity contribution in [2.45, 2.75) is 58.5 Å². The Labute approximate surface area is 112 Å². The lowest BCUT2D eigenvalue weighted by Crippen LogP contribution is -2.59. The number of aryl methyl sites for hydroxylation is 1. The second-order valence-corrected chi connectivity index (χ2v) is 11.9. The fourth-order valence-electron chi connectivity index (χ4n) is 2.85. The molecule has 2 nitrogen and oxygen atoms in total. The maximum atomic E-state index is 6.42. The zero-order valence-electron chi connectivity index (χ0n) is 12.5. The quantitative estimate of drug-likeness (QED) is 0.626. The number of fused-ring (bicyclic) bond motifs is 1. The van der Waals surface area contributed by atoms with E-state index in [1.807, 2.05) is 6.07 Å². The Morgan fingerprint density at radius 3 is 1.83 bits per heavy atom. The first-order chi connectivity index (χ1) is 8.07. The molecule has 1 aromatic rings. The second kappa shape index (κ2) is 3.76. The van der Waals surface area contributed by atoms with Gasteiger partial charge in [0.2, 0.25) is 0 Å². The van der Waals surface area contributed by atoms with Crippen molar-refractivity contribution in [3.8, 4) is 11.5 Å². The summed E-state index contributed by atoms with van der Waals surface area (Å²) in [5, 5.41) is 0.0519. The normalized spacial score (nSPS) is 17.9. The first kappa shape index (κ1) is 13.5. The lowest BCUT2D eigenvalue weighted by atomic mass is 10.2. The summed E-state index contributed by atoms with van der Waals surface area (Å²) >= 11 is 0. The molecular formula is C15H24O2Si. The number of hydrogen-bond acceptors (Lipinski definition) is 2. The molecule has 0 spiro atoms. The van der Waals surface area contributed by atoms with Gasteiger partial charge in [0.1, 0.15) is 11.5 Å². The van der Waals surface area contributed by atoms with Crippen molar-refractivity contribution in [1.29, 1.82) is 0 Å². The van der Waals surface area contributed by atoms with E-state index >= 15 is 0 Å². The van der Waals surface area contributed by atoms with Gasteiger partial charge in [0.25, 0.3) is 0 Å². The van der Waals surface area contributed by atoms with E-state index in [4.69, 9.17) is 8.85 Å². The van der Waals surface area contributed by atoms with Crippen LogP contribution in [0.15, 0.2) is 18.2 Å². The van der Waals surface area contributed by atoms with Crippen LogP contribution in [0.5, 0.6) is 11.5 Å². The molecular weight excluding hydrogens is 240 g/mol. The highest BCUT2D eigenvalue weighted by Crippen LogP contribution is 2.57. The summed E-state index contributed by atoms with van der Waals surface area (Å²) in [6.45, 7) is 15.4. The first-order valence-corrected chi connectivity index (χ1v) is 8.37. The predicted octanol–water partition coefficient (Wildman–Crippen LogP) is 4.81. The lowest BCUT2D eigenvalue weighted by molar-refractivity contribution is 0.341. The topological polar surface area (TPSA) is 18.5 Å². The van der Waals surface area contributed by atoms with E-state index in [9.17, 15) is 0 Å². The average molecular weight is 264 g/mol. The van der Waals surface area contributed by atoms with Crippen molar-refractivity contribution >= 4 is 8.56 Å². The van der Waals surface area contributed by atoms with Crippen molar-refractivity contribution in [2.24, 2.45) is 0 Å². The van der Waals surface area contributed by atoms with Crippen LogP contribution in [0.1, 0.15) is 47.1 Å². The first-order valence-electron chi connectivity index (χ1n) is 6.55. The van der Waals surface area contributed by atoms with Gasteiger partial charge in [0.05, 0.1) is 0 Å². The zero-order valence-corrected chi connectivity index (χ0v) is 13.5. The minimum atomic E-state index is -2.36. The van der Waals surface area contributed by atoms with Gasteiger partial charge in [-0.15, -0.1) is 0 Å². The summed E-state index contributed by atoms with van der Waals surface area (Å²) < 4.78 is 12.8. The third kappa shape index (κ3) is 1.85. The van der Waals surface area contributed by atoms with Gasteiger partial charge in [-0.25, -0.2) is 0 Å². The van der Waals surface area contributed by atoms with Crippen LogP contribution in [0.3, 0.4) is 0 Å². The monoisotopic (exact) mass is 264 g/mol. The lowest BCUT2D eigenvalue weighted by Gasteiger charge is -2.43. The summed E-state index contributed by atoms with van der Waals surface area (Å²) in [6, 6.07) is 6.20. The fourth-order valence-corrected chi connectivity index (χ4v) is 7.31. The molecule has 0 bridgehead atoms. The highest BCUT2D eigenvalue weighted by molar-refractivity contribution is 6.75. The largest absolute Gasteiger partial charge is 0.508 e. The molecule has 0 saturated heterocycles. The Balaban J connectivity index is 2.51. The van der Waals surface area contributed by atoms with Gasteiger partial charge >= 0.3 is 8.56 Å². The van der Waals surface area contributed by atoms with Crippen molar-refractivity contribution in [2.75, 3.05) is 0 Å². The van der Waals surface area contributed by atoms with E-state index in [-0.39, 0.29) is 10.1 Å².